The first kappa shape index (κ1) is 13.2. The molecule has 4 nitrogen and oxygen atoms in total. The number of nitrogens with one attached hydrogen (secondary N) is 1. The van der Waals surface area contributed by atoms with Crippen molar-refractivity contribution >= 4 is 0 Å². The molecule has 0 aromatic heterocycles. The third-order valence-electron chi connectivity index (χ3n) is 3.61. The summed E-state index contributed by atoms with van der Waals surface area (Å²) >= 11 is 0. The highest BCUT2D eigenvalue weighted by Gasteiger charge is 2.17. The van der Waals surface area contributed by atoms with E-state index in [0.717, 1.165) is 37.8 Å². The van der Waals surface area contributed by atoms with Gasteiger partial charge in [0.25, 0.3) is 0 Å². The predicted molar refractivity (Wildman–Crippen MR) is 71.7 cm³/mol. The van der Waals surface area contributed by atoms with Crippen molar-refractivity contribution in [1.82, 2.24) is 5.32 Å². The maximum absolute atomic E-state index is 9.52. The number of ether oxygens (including phenoxy) is 1. The van der Waals surface area contributed by atoms with Crippen molar-refractivity contribution in [1.29, 1.82) is 0 Å². The van der Waals surface area contributed by atoms with Crippen LogP contribution in [-0.2, 0) is 6.54 Å². The van der Waals surface area contributed by atoms with Gasteiger partial charge in [-0.3, -0.25) is 0 Å². The third kappa shape index (κ3) is 3.37. The predicted octanol–water partition coefficient (Wildman–Crippen LogP) is 1.76. The summed E-state index contributed by atoms with van der Waals surface area (Å²) in [4.78, 5) is 0. The Hall–Kier alpha value is -1.26. The van der Waals surface area contributed by atoms with Crippen molar-refractivity contribution in [2.24, 2.45) is 5.73 Å². The molecule has 0 aliphatic heterocycles. The van der Waals surface area contributed by atoms with Crippen LogP contribution >= 0.6 is 0 Å². The minimum atomic E-state index is 0.185. The molecule has 1 aromatic rings. The number of hydrogen-bond acceptors (Lipinski definition) is 4. The molecule has 1 aromatic carbocycles. The molecule has 1 aliphatic carbocycles. The zero-order valence-electron chi connectivity index (χ0n) is 10.9. The second-order valence-electron chi connectivity index (χ2n) is 5.00. The smallest absolute Gasteiger partial charge is 0.160 e. The van der Waals surface area contributed by atoms with E-state index in [1.807, 2.05) is 12.1 Å². The first-order chi connectivity index (χ1) is 8.69. The van der Waals surface area contributed by atoms with Gasteiger partial charge in [0, 0.05) is 18.6 Å². The Kier molecular flexibility index (Phi) is 4.44. The molecular weight excluding hydrogens is 228 g/mol. The van der Waals surface area contributed by atoms with Crippen LogP contribution in [0.25, 0.3) is 0 Å². The van der Waals surface area contributed by atoms with Crippen LogP contribution in [0.2, 0.25) is 0 Å². The van der Waals surface area contributed by atoms with E-state index in [0.29, 0.717) is 17.8 Å². The lowest BCUT2D eigenvalue weighted by atomic mass is 9.92. The van der Waals surface area contributed by atoms with Gasteiger partial charge in [0.2, 0.25) is 0 Å². The number of benzene rings is 1. The Balaban J connectivity index is 1.86. The van der Waals surface area contributed by atoms with Gasteiger partial charge in [-0.15, -0.1) is 0 Å². The van der Waals surface area contributed by atoms with E-state index >= 15 is 0 Å². The molecule has 0 radical (unpaired) electrons. The van der Waals surface area contributed by atoms with Crippen LogP contribution in [0.15, 0.2) is 18.2 Å². The van der Waals surface area contributed by atoms with E-state index in [-0.39, 0.29) is 5.75 Å². The van der Waals surface area contributed by atoms with Gasteiger partial charge in [-0.1, -0.05) is 6.07 Å². The molecule has 0 heterocycles. The second-order valence-corrected chi connectivity index (χ2v) is 5.00. The minimum absolute atomic E-state index is 0.185. The van der Waals surface area contributed by atoms with Crippen molar-refractivity contribution in [2.45, 2.75) is 44.3 Å². The third-order valence-corrected chi connectivity index (χ3v) is 3.61. The number of phenols is 1. The minimum Gasteiger partial charge on any atom is -0.504 e. The van der Waals surface area contributed by atoms with Crippen LogP contribution in [-0.4, -0.2) is 24.3 Å². The van der Waals surface area contributed by atoms with Crippen molar-refractivity contribution in [3.05, 3.63) is 23.8 Å². The van der Waals surface area contributed by atoms with E-state index in [2.05, 4.69) is 5.32 Å². The Labute approximate surface area is 108 Å². The lowest BCUT2D eigenvalue weighted by Gasteiger charge is -2.27. The molecule has 0 amide bonds. The molecule has 0 atom stereocenters. The molecule has 0 unspecified atom stereocenters. The normalized spacial score (nSPS) is 23.9. The topological polar surface area (TPSA) is 67.5 Å². The lowest BCUT2D eigenvalue weighted by molar-refractivity contribution is 0.341. The summed E-state index contributed by atoms with van der Waals surface area (Å²) < 4.78 is 5.10. The van der Waals surface area contributed by atoms with Gasteiger partial charge in [-0.05, 0) is 43.4 Å². The van der Waals surface area contributed by atoms with Crippen LogP contribution in [0.1, 0.15) is 31.2 Å². The summed E-state index contributed by atoms with van der Waals surface area (Å²) in [5.74, 6) is 0.713. The monoisotopic (exact) mass is 250 g/mol. The van der Waals surface area contributed by atoms with E-state index in [1.165, 1.54) is 0 Å². The first-order valence-corrected chi connectivity index (χ1v) is 6.54. The van der Waals surface area contributed by atoms with Gasteiger partial charge < -0.3 is 20.9 Å². The second kappa shape index (κ2) is 6.07. The van der Waals surface area contributed by atoms with Crippen molar-refractivity contribution < 1.29 is 9.84 Å². The molecule has 1 fully saturated rings. The van der Waals surface area contributed by atoms with Gasteiger partial charge in [0.05, 0.1) is 7.11 Å². The number of nitrogens with two attached hydrogens (primary N) is 1. The quantitative estimate of drug-likeness (QED) is 0.761. The van der Waals surface area contributed by atoms with Crippen LogP contribution < -0.4 is 15.8 Å². The number of rotatable bonds is 4. The summed E-state index contributed by atoms with van der Waals surface area (Å²) in [6.45, 7) is 0.802. The maximum atomic E-state index is 9.52. The molecular formula is C14H22N2O2. The highest BCUT2D eigenvalue weighted by atomic mass is 16.5. The average molecular weight is 250 g/mol. The first-order valence-electron chi connectivity index (χ1n) is 6.54. The number of hydrogen-bond donors (Lipinski definition) is 3. The average Bonchev–Trinajstić information content (AvgIpc) is 2.39. The fourth-order valence-corrected chi connectivity index (χ4v) is 2.42. The maximum Gasteiger partial charge on any atom is 0.160 e. The fraction of sp³-hybridized carbons (Fsp3) is 0.571. The summed E-state index contributed by atoms with van der Waals surface area (Å²) in [5, 5.41) is 13.1. The Morgan fingerprint density at radius 2 is 2.06 bits per heavy atom. The molecule has 4 heteroatoms. The summed E-state index contributed by atoms with van der Waals surface area (Å²) in [5.41, 5.74) is 7.01. The highest BCUT2D eigenvalue weighted by Crippen LogP contribution is 2.26. The van der Waals surface area contributed by atoms with E-state index in [9.17, 15) is 5.11 Å². The molecule has 18 heavy (non-hydrogen) atoms. The van der Waals surface area contributed by atoms with Gasteiger partial charge in [0.15, 0.2) is 11.5 Å². The molecule has 1 saturated carbocycles. The number of aromatic hydroxyl groups is 1. The molecule has 4 N–H and O–H groups in total. The molecule has 0 saturated heterocycles. The van der Waals surface area contributed by atoms with E-state index in [4.69, 9.17) is 10.5 Å². The van der Waals surface area contributed by atoms with Gasteiger partial charge in [0.1, 0.15) is 0 Å². The van der Waals surface area contributed by atoms with E-state index in [1.54, 1.807) is 13.2 Å². The van der Waals surface area contributed by atoms with Gasteiger partial charge in [-0.2, -0.15) is 0 Å². The highest BCUT2D eigenvalue weighted by molar-refractivity contribution is 5.41. The largest absolute Gasteiger partial charge is 0.504 e. The molecule has 0 bridgehead atoms. The zero-order valence-corrected chi connectivity index (χ0v) is 10.9. The zero-order chi connectivity index (χ0) is 13.0. The van der Waals surface area contributed by atoms with Crippen molar-refractivity contribution in [3.63, 3.8) is 0 Å². The molecule has 100 valence electrons. The fourth-order valence-electron chi connectivity index (χ4n) is 2.42. The number of methoxy groups -OCH3 is 1. The Bertz CT molecular complexity index is 387. The standard InChI is InChI=1S/C14H22N2O2/c1-18-14-8-10(2-7-13(14)17)9-16-12-5-3-11(15)4-6-12/h2,7-8,11-12,16-17H,3-6,9,15H2,1H3. The summed E-state index contributed by atoms with van der Waals surface area (Å²) in [6.07, 6.45) is 4.51. The van der Waals surface area contributed by atoms with Gasteiger partial charge >= 0.3 is 0 Å². The summed E-state index contributed by atoms with van der Waals surface area (Å²) in [6, 6.07) is 6.41. The van der Waals surface area contributed by atoms with Crippen molar-refractivity contribution in [2.75, 3.05) is 7.11 Å². The van der Waals surface area contributed by atoms with Crippen LogP contribution in [0.3, 0.4) is 0 Å². The molecule has 1 aliphatic rings. The van der Waals surface area contributed by atoms with Crippen LogP contribution in [0.4, 0.5) is 0 Å². The number of phenolic OH excluding ortho intramolecular Hbond substituents is 1. The SMILES string of the molecule is COc1cc(CNC2CCC(N)CC2)ccc1O. The van der Waals surface area contributed by atoms with Crippen LogP contribution in [0, 0.1) is 0 Å². The van der Waals surface area contributed by atoms with Gasteiger partial charge in [-0.25, -0.2) is 0 Å². The van der Waals surface area contributed by atoms with Crippen LogP contribution in [0.5, 0.6) is 11.5 Å². The Morgan fingerprint density at radius 1 is 1.33 bits per heavy atom. The van der Waals surface area contributed by atoms with Crippen molar-refractivity contribution in [3.8, 4) is 11.5 Å². The summed E-state index contributed by atoms with van der Waals surface area (Å²) in [7, 11) is 1.56. The Morgan fingerprint density at radius 3 is 2.72 bits per heavy atom. The van der Waals surface area contributed by atoms with E-state index < -0.39 is 0 Å². The molecule has 2 rings (SSSR count). The lowest BCUT2D eigenvalue weighted by Crippen LogP contribution is -2.37. The molecule has 0 spiro atoms.